The van der Waals surface area contributed by atoms with Crippen LogP contribution in [0.25, 0.3) is 0 Å². The zero-order chi connectivity index (χ0) is 12.0. The minimum atomic E-state index is -0.425. The number of amides is 1. The van der Waals surface area contributed by atoms with Gasteiger partial charge in [-0.25, -0.2) is 4.79 Å². The number of ether oxygens (including phenoxy) is 1. The Morgan fingerprint density at radius 1 is 1.50 bits per heavy atom. The van der Waals surface area contributed by atoms with Crippen molar-refractivity contribution in [3.63, 3.8) is 0 Å². The molecule has 1 aromatic heterocycles. The second-order valence-corrected chi connectivity index (χ2v) is 3.59. The third-order valence-corrected chi connectivity index (χ3v) is 1.86. The highest BCUT2D eigenvalue weighted by Gasteiger charge is 2.09. The number of hydrogen-bond donors (Lipinski definition) is 1. The number of hydrogen-bond acceptors (Lipinski definition) is 5. The van der Waals surface area contributed by atoms with Gasteiger partial charge in [0.05, 0.1) is 6.61 Å². The molecule has 0 atom stereocenters. The van der Waals surface area contributed by atoms with Gasteiger partial charge in [0.2, 0.25) is 11.8 Å². The van der Waals surface area contributed by atoms with Crippen LogP contribution in [0.3, 0.4) is 0 Å². The van der Waals surface area contributed by atoms with Gasteiger partial charge < -0.3 is 14.5 Å². The maximum Gasteiger partial charge on any atom is 0.407 e. The van der Waals surface area contributed by atoms with Gasteiger partial charge in [0.1, 0.15) is 0 Å². The second kappa shape index (κ2) is 6.09. The number of nitrogens with one attached hydrogen (secondary N) is 1. The summed E-state index contributed by atoms with van der Waals surface area (Å²) in [6.07, 6.45) is 0.0875. The predicted octanol–water partition coefficient (Wildman–Crippen LogP) is 1.48. The van der Waals surface area contributed by atoms with E-state index in [4.69, 9.17) is 9.15 Å². The van der Waals surface area contributed by atoms with Crippen molar-refractivity contribution in [3.8, 4) is 0 Å². The monoisotopic (exact) mass is 227 g/mol. The van der Waals surface area contributed by atoms with Crippen molar-refractivity contribution in [1.29, 1.82) is 0 Å². The van der Waals surface area contributed by atoms with E-state index >= 15 is 0 Å². The lowest BCUT2D eigenvalue weighted by atomic mass is 10.2. The smallest absolute Gasteiger partial charge is 0.407 e. The summed E-state index contributed by atoms with van der Waals surface area (Å²) in [6, 6.07) is 0. The van der Waals surface area contributed by atoms with Crippen LogP contribution < -0.4 is 5.32 Å². The Kier molecular flexibility index (Phi) is 4.75. The highest BCUT2D eigenvalue weighted by molar-refractivity contribution is 5.66. The highest BCUT2D eigenvalue weighted by atomic mass is 16.5. The first kappa shape index (κ1) is 12.5. The molecule has 0 aliphatic rings. The van der Waals surface area contributed by atoms with Crippen LogP contribution in [0.15, 0.2) is 4.42 Å². The molecule has 1 rings (SSSR count). The van der Waals surface area contributed by atoms with Gasteiger partial charge in [0, 0.05) is 18.9 Å². The lowest BCUT2D eigenvalue weighted by Crippen LogP contribution is -2.26. The van der Waals surface area contributed by atoms with Crippen LogP contribution in [0.4, 0.5) is 4.79 Å². The third-order valence-electron chi connectivity index (χ3n) is 1.86. The van der Waals surface area contributed by atoms with Crippen molar-refractivity contribution in [2.75, 3.05) is 13.2 Å². The fourth-order valence-electron chi connectivity index (χ4n) is 1.05. The Bertz CT molecular complexity index is 336. The Morgan fingerprint density at radius 2 is 2.25 bits per heavy atom. The molecule has 0 aromatic carbocycles. The number of aromatic nitrogens is 2. The van der Waals surface area contributed by atoms with E-state index in [0.29, 0.717) is 31.4 Å². The largest absolute Gasteiger partial charge is 0.450 e. The van der Waals surface area contributed by atoms with E-state index in [1.54, 1.807) is 6.92 Å². The molecule has 0 saturated carbocycles. The first-order chi connectivity index (χ1) is 7.63. The van der Waals surface area contributed by atoms with Crippen LogP contribution in [0.2, 0.25) is 0 Å². The molecule has 1 amide bonds. The summed E-state index contributed by atoms with van der Waals surface area (Å²) < 4.78 is 10.1. The summed E-state index contributed by atoms with van der Waals surface area (Å²) >= 11 is 0. The van der Waals surface area contributed by atoms with Crippen LogP contribution in [0, 0.1) is 0 Å². The summed E-state index contributed by atoms with van der Waals surface area (Å²) in [6.45, 7) is 6.51. The van der Waals surface area contributed by atoms with Crippen LogP contribution >= 0.6 is 0 Å². The van der Waals surface area contributed by atoms with Gasteiger partial charge in [0.15, 0.2) is 0 Å². The first-order valence-corrected chi connectivity index (χ1v) is 5.36. The van der Waals surface area contributed by atoms with Crippen molar-refractivity contribution in [3.05, 3.63) is 11.8 Å². The fourth-order valence-corrected chi connectivity index (χ4v) is 1.05. The Balaban J connectivity index is 2.29. The molecule has 6 heteroatoms. The maximum atomic E-state index is 10.9. The molecule has 1 aromatic rings. The minimum absolute atomic E-state index is 0.222. The number of carbonyl (C=O) groups is 1. The molecule has 0 spiro atoms. The average Bonchev–Trinajstić information content (AvgIpc) is 2.67. The van der Waals surface area contributed by atoms with E-state index < -0.39 is 6.09 Å². The summed E-state index contributed by atoms with van der Waals surface area (Å²) in [7, 11) is 0. The Labute approximate surface area is 94.4 Å². The van der Waals surface area contributed by atoms with E-state index in [1.807, 2.05) is 13.8 Å². The summed E-state index contributed by atoms with van der Waals surface area (Å²) in [5, 5.41) is 10.3. The van der Waals surface area contributed by atoms with Gasteiger partial charge in [-0.15, -0.1) is 10.2 Å². The maximum absolute atomic E-state index is 10.9. The normalized spacial score (nSPS) is 10.5. The van der Waals surface area contributed by atoms with E-state index in [2.05, 4.69) is 15.5 Å². The summed E-state index contributed by atoms with van der Waals surface area (Å²) in [5.74, 6) is 1.37. The van der Waals surface area contributed by atoms with Crippen LogP contribution in [0.5, 0.6) is 0 Å². The molecule has 0 radical (unpaired) electrons. The molecular formula is C10H17N3O3. The van der Waals surface area contributed by atoms with Crippen LogP contribution in [0.1, 0.15) is 38.5 Å². The van der Waals surface area contributed by atoms with E-state index in [0.717, 1.165) is 0 Å². The molecule has 90 valence electrons. The van der Waals surface area contributed by atoms with Gasteiger partial charge in [-0.1, -0.05) is 13.8 Å². The zero-order valence-electron chi connectivity index (χ0n) is 9.82. The van der Waals surface area contributed by atoms with Crippen molar-refractivity contribution in [2.24, 2.45) is 0 Å². The molecular weight excluding hydrogens is 210 g/mol. The number of alkyl carbamates (subject to hydrolysis) is 1. The SMILES string of the molecule is CCOC(=O)NCCc1nnc(C(C)C)o1. The molecule has 0 unspecified atom stereocenters. The topological polar surface area (TPSA) is 77.2 Å². The number of nitrogens with zero attached hydrogens (tertiary/aromatic N) is 2. The molecule has 1 heterocycles. The molecule has 6 nitrogen and oxygen atoms in total. The zero-order valence-corrected chi connectivity index (χ0v) is 9.82. The van der Waals surface area contributed by atoms with Crippen molar-refractivity contribution in [1.82, 2.24) is 15.5 Å². The standard InChI is InChI=1S/C10H17N3O3/c1-4-15-10(14)11-6-5-8-12-13-9(16-8)7(2)3/h7H,4-6H2,1-3H3,(H,11,14). The van der Waals surface area contributed by atoms with Gasteiger partial charge in [-0.3, -0.25) is 0 Å². The Morgan fingerprint density at radius 3 is 2.81 bits per heavy atom. The molecule has 0 fully saturated rings. The van der Waals surface area contributed by atoms with E-state index in [9.17, 15) is 4.79 Å². The molecule has 1 N–H and O–H groups in total. The summed E-state index contributed by atoms with van der Waals surface area (Å²) in [4.78, 5) is 10.9. The Hall–Kier alpha value is -1.59. The minimum Gasteiger partial charge on any atom is -0.450 e. The average molecular weight is 227 g/mol. The molecule has 0 saturated heterocycles. The fraction of sp³-hybridized carbons (Fsp3) is 0.700. The first-order valence-electron chi connectivity index (χ1n) is 5.36. The lowest BCUT2D eigenvalue weighted by molar-refractivity contribution is 0.152. The van der Waals surface area contributed by atoms with Crippen LogP contribution in [-0.2, 0) is 11.2 Å². The molecule has 16 heavy (non-hydrogen) atoms. The van der Waals surface area contributed by atoms with E-state index in [-0.39, 0.29) is 5.92 Å². The third kappa shape index (κ3) is 3.88. The van der Waals surface area contributed by atoms with E-state index in [1.165, 1.54) is 0 Å². The van der Waals surface area contributed by atoms with Gasteiger partial charge >= 0.3 is 6.09 Å². The molecule has 0 bridgehead atoms. The molecule has 0 aliphatic carbocycles. The summed E-state index contributed by atoms with van der Waals surface area (Å²) in [5.41, 5.74) is 0. The van der Waals surface area contributed by atoms with Gasteiger partial charge in [-0.2, -0.15) is 0 Å². The van der Waals surface area contributed by atoms with Crippen LogP contribution in [-0.4, -0.2) is 29.4 Å². The molecule has 0 aliphatic heterocycles. The van der Waals surface area contributed by atoms with Gasteiger partial charge in [0.25, 0.3) is 0 Å². The van der Waals surface area contributed by atoms with Crippen molar-refractivity contribution < 1.29 is 13.9 Å². The lowest BCUT2D eigenvalue weighted by Gasteiger charge is -2.02. The quantitative estimate of drug-likeness (QED) is 0.824. The van der Waals surface area contributed by atoms with Gasteiger partial charge in [-0.05, 0) is 6.92 Å². The van der Waals surface area contributed by atoms with Crippen molar-refractivity contribution >= 4 is 6.09 Å². The number of carbonyl (C=O) groups excluding carboxylic acids is 1. The highest BCUT2D eigenvalue weighted by Crippen LogP contribution is 2.11. The van der Waals surface area contributed by atoms with Crippen molar-refractivity contribution in [2.45, 2.75) is 33.1 Å². The predicted molar refractivity (Wildman–Crippen MR) is 57.1 cm³/mol. The second-order valence-electron chi connectivity index (χ2n) is 3.59. The number of rotatable bonds is 5.